The van der Waals surface area contributed by atoms with E-state index in [0.717, 1.165) is 29.6 Å². The smallest absolute Gasteiger partial charge is 0.236 e. The molecule has 0 unspecified atom stereocenters. The highest BCUT2D eigenvalue weighted by Gasteiger charge is 2.46. The van der Waals surface area contributed by atoms with E-state index in [0.29, 0.717) is 26.1 Å². The van der Waals surface area contributed by atoms with Crippen LogP contribution >= 0.6 is 11.3 Å². The van der Waals surface area contributed by atoms with E-state index in [1.807, 2.05) is 30.8 Å². The minimum Gasteiger partial charge on any atom is -0.389 e. The highest BCUT2D eigenvalue weighted by atomic mass is 32.1. The van der Waals surface area contributed by atoms with E-state index in [-0.39, 0.29) is 11.8 Å². The molecule has 2 aliphatic rings. The average molecular weight is 339 g/mol. The van der Waals surface area contributed by atoms with Crippen LogP contribution in [0.5, 0.6) is 0 Å². The van der Waals surface area contributed by atoms with Crippen molar-refractivity contribution in [2.24, 2.45) is 5.92 Å². The Morgan fingerprint density at radius 3 is 2.74 bits per heavy atom. The molecular weight excluding hydrogens is 314 g/mol. The fourth-order valence-electron chi connectivity index (χ4n) is 3.49. The van der Waals surface area contributed by atoms with E-state index in [9.17, 15) is 9.90 Å². The number of aryl methyl sites for hydroxylation is 1. The first-order valence-electron chi connectivity index (χ1n) is 8.07. The zero-order valence-electron chi connectivity index (χ0n) is 14.0. The van der Waals surface area contributed by atoms with E-state index >= 15 is 0 Å². The van der Waals surface area contributed by atoms with Crippen molar-refractivity contribution in [2.75, 3.05) is 51.7 Å². The average Bonchev–Trinajstić information content (AvgIpc) is 2.91. The molecule has 0 radical (unpaired) electrons. The number of hydrogen-bond acceptors (Lipinski definition) is 7. The molecule has 1 N–H and O–H groups in total. The number of carbonyl (C=O) groups excluding carboxylic acids is 1. The van der Waals surface area contributed by atoms with Crippen LogP contribution in [-0.4, -0.2) is 83.4 Å². The largest absolute Gasteiger partial charge is 0.389 e. The maximum Gasteiger partial charge on any atom is 0.236 e. The topological polar surface area (TPSA) is 72.8 Å². The van der Waals surface area contributed by atoms with Gasteiger partial charge in [0, 0.05) is 32.1 Å². The van der Waals surface area contributed by atoms with Gasteiger partial charge in [-0.3, -0.25) is 4.79 Å². The van der Waals surface area contributed by atoms with Gasteiger partial charge >= 0.3 is 0 Å². The molecule has 0 aromatic carbocycles. The van der Waals surface area contributed by atoms with Crippen LogP contribution in [0.1, 0.15) is 17.8 Å². The molecule has 2 atom stereocenters. The standard InChI is InChI=1S/C15H25N5O2S/c1-11-16-17-14(23-11)20-7-5-15(22)4-6-19(8-12(15)9-20)13(21)10-18(2)3/h12,22H,4-10H2,1-3H3/t12-,15-/m0/s1. The number of rotatable bonds is 3. The summed E-state index contributed by atoms with van der Waals surface area (Å²) in [6.07, 6.45) is 1.39. The molecule has 1 amide bonds. The lowest BCUT2D eigenvalue weighted by Crippen LogP contribution is -2.61. The number of aromatic nitrogens is 2. The minimum atomic E-state index is -0.648. The van der Waals surface area contributed by atoms with Crippen LogP contribution in [0.3, 0.4) is 0 Å². The Labute approximate surface area is 140 Å². The summed E-state index contributed by atoms with van der Waals surface area (Å²) in [5.74, 6) is 0.209. The van der Waals surface area contributed by atoms with Gasteiger partial charge in [0.2, 0.25) is 11.0 Å². The first kappa shape index (κ1) is 16.6. The molecule has 0 saturated carbocycles. The number of aliphatic hydroxyl groups is 1. The number of carbonyl (C=O) groups is 1. The third-order valence-corrected chi connectivity index (χ3v) is 5.76. The van der Waals surface area contributed by atoms with Crippen molar-refractivity contribution in [3.63, 3.8) is 0 Å². The van der Waals surface area contributed by atoms with Gasteiger partial charge in [0.05, 0.1) is 12.1 Å². The number of hydrogen-bond donors (Lipinski definition) is 1. The second-order valence-electron chi connectivity index (χ2n) is 6.93. The minimum absolute atomic E-state index is 0.0697. The molecule has 7 nitrogen and oxygen atoms in total. The lowest BCUT2D eigenvalue weighted by atomic mass is 9.76. The quantitative estimate of drug-likeness (QED) is 0.848. The van der Waals surface area contributed by atoms with E-state index in [1.165, 1.54) is 0 Å². The molecule has 23 heavy (non-hydrogen) atoms. The van der Waals surface area contributed by atoms with Gasteiger partial charge in [-0.15, -0.1) is 10.2 Å². The van der Waals surface area contributed by atoms with Crippen molar-refractivity contribution in [2.45, 2.75) is 25.4 Å². The Morgan fingerprint density at radius 1 is 1.35 bits per heavy atom. The van der Waals surface area contributed by atoms with Crippen LogP contribution in [0.4, 0.5) is 5.13 Å². The first-order valence-corrected chi connectivity index (χ1v) is 8.89. The summed E-state index contributed by atoms with van der Waals surface area (Å²) in [5.41, 5.74) is -0.648. The van der Waals surface area contributed by atoms with Gasteiger partial charge in [0.15, 0.2) is 0 Å². The van der Waals surface area contributed by atoms with Crippen molar-refractivity contribution in [3.8, 4) is 0 Å². The normalized spacial score (nSPS) is 28.1. The summed E-state index contributed by atoms with van der Waals surface area (Å²) < 4.78 is 0. The second kappa shape index (κ2) is 6.33. The number of nitrogens with zero attached hydrogens (tertiary/aromatic N) is 5. The van der Waals surface area contributed by atoms with Crippen molar-refractivity contribution in [1.82, 2.24) is 20.0 Å². The fraction of sp³-hybridized carbons (Fsp3) is 0.800. The van der Waals surface area contributed by atoms with Gasteiger partial charge in [-0.1, -0.05) is 11.3 Å². The van der Waals surface area contributed by atoms with E-state index < -0.39 is 5.60 Å². The van der Waals surface area contributed by atoms with Crippen LogP contribution in [0.25, 0.3) is 0 Å². The van der Waals surface area contributed by atoms with E-state index in [1.54, 1.807) is 11.3 Å². The van der Waals surface area contributed by atoms with Crippen LogP contribution < -0.4 is 4.90 Å². The molecule has 2 aliphatic heterocycles. The molecule has 3 rings (SSSR count). The van der Waals surface area contributed by atoms with Crippen LogP contribution in [-0.2, 0) is 4.79 Å². The Bertz CT molecular complexity index is 578. The molecule has 2 fully saturated rings. The van der Waals surface area contributed by atoms with Crippen molar-refractivity contribution in [3.05, 3.63) is 5.01 Å². The lowest BCUT2D eigenvalue weighted by Gasteiger charge is -2.50. The van der Waals surface area contributed by atoms with Gasteiger partial charge in [0.1, 0.15) is 5.01 Å². The fourth-order valence-corrected chi connectivity index (χ4v) is 4.21. The van der Waals surface area contributed by atoms with E-state index in [2.05, 4.69) is 15.1 Å². The maximum absolute atomic E-state index is 12.3. The zero-order chi connectivity index (χ0) is 16.6. The SMILES string of the molecule is Cc1nnc(N2CC[C@@]3(O)CCN(C(=O)CN(C)C)C[C@H]3C2)s1. The molecule has 0 aliphatic carbocycles. The van der Waals surface area contributed by atoms with Gasteiger partial charge < -0.3 is 19.8 Å². The maximum atomic E-state index is 12.3. The number of likely N-dealkylation sites (N-methyl/N-ethyl adjacent to an activating group) is 1. The zero-order valence-corrected chi connectivity index (χ0v) is 14.8. The molecule has 2 saturated heterocycles. The summed E-state index contributed by atoms with van der Waals surface area (Å²) in [4.78, 5) is 18.3. The van der Waals surface area contributed by atoms with Gasteiger partial charge in [-0.05, 0) is 33.9 Å². The molecular formula is C15H25N5O2S. The second-order valence-corrected chi connectivity index (χ2v) is 8.09. The van der Waals surface area contributed by atoms with Crippen molar-refractivity contribution in [1.29, 1.82) is 0 Å². The molecule has 0 spiro atoms. The summed E-state index contributed by atoms with van der Waals surface area (Å²) in [5, 5.41) is 21.1. The Balaban J connectivity index is 1.68. The molecule has 1 aromatic rings. The van der Waals surface area contributed by atoms with Gasteiger partial charge in [0.25, 0.3) is 0 Å². The highest BCUT2D eigenvalue weighted by molar-refractivity contribution is 7.15. The molecule has 3 heterocycles. The summed E-state index contributed by atoms with van der Waals surface area (Å²) in [7, 11) is 3.80. The predicted octanol–water partition coefficient (Wildman–Crippen LogP) is 0.198. The number of likely N-dealkylation sites (tertiary alicyclic amines) is 1. The number of piperidine rings is 2. The van der Waals surface area contributed by atoms with Crippen molar-refractivity contribution >= 4 is 22.4 Å². The summed E-state index contributed by atoms with van der Waals surface area (Å²) >= 11 is 1.58. The highest BCUT2D eigenvalue weighted by Crippen LogP contribution is 2.37. The van der Waals surface area contributed by atoms with Crippen LogP contribution in [0, 0.1) is 12.8 Å². The first-order chi connectivity index (χ1) is 10.9. The van der Waals surface area contributed by atoms with Crippen LogP contribution in [0.2, 0.25) is 0 Å². The van der Waals surface area contributed by atoms with Crippen LogP contribution in [0.15, 0.2) is 0 Å². The molecule has 1 aromatic heterocycles. The third-order valence-electron chi connectivity index (χ3n) is 4.86. The lowest BCUT2D eigenvalue weighted by molar-refractivity contribution is -0.141. The Morgan fingerprint density at radius 2 is 2.09 bits per heavy atom. The summed E-state index contributed by atoms with van der Waals surface area (Å²) in [6, 6.07) is 0. The van der Waals surface area contributed by atoms with E-state index in [4.69, 9.17) is 0 Å². The third kappa shape index (κ3) is 3.49. The van der Waals surface area contributed by atoms with Crippen molar-refractivity contribution < 1.29 is 9.90 Å². The molecule has 128 valence electrons. The van der Waals surface area contributed by atoms with Gasteiger partial charge in [-0.25, -0.2) is 0 Å². The predicted molar refractivity (Wildman–Crippen MR) is 89.7 cm³/mol. The number of fused-ring (bicyclic) bond motifs is 1. The Hall–Kier alpha value is -1.25. The molecule has 8 heteroatoms. The number of anilines is 1. The van der Waals surface area contributed by atoms with Gasteiger partial charge in [-0.2, -0.15) is 0 Å². The Kier molecular flexibility index (Phi) is 4.57. The monoisotopic (exact) mass is 339 g/mol. The number of amides is 1. The molecule has 0 bridgehead atoms. The summed E-state index contributed by atoms with van der Waals surface area (Å²) in [6.45, 7) is 5.17.